The normalized spacial score (nSPS) is 12.6. The number of hydrogen-bond acceptors (Lipinski definition) is 3. The number of hydrogen-bond donors (Lipinski definition) is 2. The SMILES string of the molecule is Nc1ccc([C@@H](O)c2cccs2)cc1. The van der Waals surface area contributed by atoms with Gasteiger partial charge in [0.25, 0.3) is 0 Å². The summed E-state index contributed by atoms with van der Waals surface area (Å²) >= 11 is 1.55. The van der Waals surface area contributed by atoms with Crippen molar-refractivity contribution in [2.45, 2.75) is 6.10 Å². The van der Waals surface area contributed by atoms with Crippen LogP contribution in [0.25, 0.3) is 0 Å². The Morgan fingerprint density at radius 1 is 1.14 bits per heavy atom. The highest BCUT2D eigenvalue weighted by molar-refractivity contribution is 7.10. The van der Waals surface area contributed by atoms with Crippen LogP contribution in [0.3, 0.4) is 0 Å². The Bertz CT molecular complexity index is 394. The van der Waals surface area contributed by atoms with E-state index in [2.05, 4.69) is 0 Å². The molecule has 0 aliphatic rings. The lowest BCUT2D eigenvalue weighted by Crippen LogP contribution is -1.96. The van der Waals surface area contributed by atoms with E-state index in [1.807, 2.05) is 29.6 Å². The van der Waals surface area contributed by atoms with Crippen molar-refractivity contribution in [3.05, 3.63) is 52.2 Å². The first kappa shape index (κ1) is 9.24. The van der Waals surface area contributed by atoms with Crippen LogP contribution in [0.2, 0.25) is 0 Å². The van der Waals surface area contributed by atoms with Crippen molar-refractivity contribution < 1.29 is 5.11 Å². The molecule has 2 aromatic rings. The summed E-state index contributed by atoms with van der Waals surface area (Å²) in [7, 11) is 0. The summed E-state index contributed by atoms with van der Waals surface area (Å²) in [4.78, 5) is 0.953. The lowest BCUT2D eigenvalue weighted by atomic mass is 10.1. The second-order valence-corrected chi connectivity index (χ2v) is 4.06. The molecule has 2 rings (SSSR count). The summed E-state index contributed by atoms with van der Waals surface area (Å²) in [5.74, 6) is 0. The molecular formula is C11H11NOS. The van der Waals surface area contributed by atoms with Crippen LogP contribution in [0.4, 0.5) is 5.69 Å². The Hall–Kier alpha value is -1.32. The van der Waals surface area contributed by atoms with Crippen LogP contribution in [-0.4, -0.2) is 5.11 Å². The molecule has 3 heteroatoms. The first-order chi connectivity index (χ1) is 6.77. The Morgan fingerprint density at radius 2 is 1.86 bits per heavy atom. The lowest BCUT2D eigenvalue weighted by Gasteiger charge is -2.08. The van der Waals surface area contributed by atoms with E-state index in [1.54, 1.807) is 23.5 Å². The summed E-state index contributed by atoms with van der Waals surface area (Å²) in [6.45, 7) is 0. The van der Waals surface area contributed by atoms with Crippen molar-refractivity contribution in [3.63, 3.8) is 0 Å². The summed E-state index contributed by atoms with van der Waals surface area (Å²) in [6, 6.07) is 11.1. The van der Waals surface area contributed by atoms with Crippen molar-refractivity contribution in [1.82, 2.24) is 0 Å². The Labute approximate surface area is 86.6 Å². The second-order valence-electron chi connectivity index (χ2n) is 3.08. The molecule has 1 heterocycles. The molecule has 1 aromatic carbocycles. The number of thiophene rings is 1. The Morgan fingerprint density at radius 3 is 2.43 bits per heavy atom. The molecule has 1 atom stereocenters. The van der Waals surface area contributed by atoms with Crippen molar-refractivity contribution in [2.75, 3.05) is 5.73 Å². The maximum Gasteiger partial charge on any atom is 0.113 e. The quantitative estimate of drug-likeness (QED) is 0.739. The Balaban J connectivity index is 2.28. The summed E-state index contributed by atoms with van der Waals surface area (Å²) in [6.07, 6.45) is -0.532. The van der Waals surface area contributed by atoms with E-state index >= 15 is 0 Å². The standard InChI is InChI=1S/C11H11NOS/c12-9-5-3-8(4-6-9)11(13)10-2-1-7-14-10/h1-7,11,13H,12H2/t11-/m1/s1. The highest BCUT2D eigenvalue weighted by Crippen LogP contribution is 2.25. The van der Waals surface area contributed by atoms with E-state index in [9.17, 15) is 5.11 Å². The van der Waals surface area contributed by atoms with Crippen LogP contribution in [0.1, 0.15) is 16.5 Å². The molecule has 0 amide bonds. The van der Waals surface area contributed by atoms with E-state index in [-0.39, 0.29) is 0 Å². The Kier molecular flexibility index (Phi) is 2.52. The molecule has 0 radical (unpaired) electrons. The van der Waals surface area contributed by atoms with E-state index in [1.165, 1.54) is 0 Å². The van der Waals surface area contributed by atoms with Crippen molar-refractivity contribution in [3.8, 4) is 0 Å². The van der Waals surface area contributed by atoms with Crippen LogP contribution in [0.15, 0.2) is 41.8 Å². The smallest absolute Gasteiger partial charge is 0.113 e. The molecule has 0 fully saturated rings. The number of rotatable bonds is 2. The number of aliphatic hydroxyl groups is 1. The molecule has 1 aromatic heterocycles. The number of aliphatic hydroxyl groups excluding tert-OH is 1. The van der Waals surface area contributed by atoms with Crippen molar-refractivity contribution in [2.24, 2.45) is 0 Å². The van der Waals surface area contributed by atoms with Gasteiger partial charge in [-0.05, 0) is 29.1 Å². The van der Waals surface area contributed by atoms with Gasteiger partial charge >= 0.3 is 0 Å². The van der Waals surface area contributed by atoms with Crippen molar-refractivity contribution in [1.29, 1.82) is 0 Å². The van der Waals surface area contributed by atoms with E-state index in [4.69, 9.17) is 5.73 Å². The maximum absolute atomic E-state index is 9.94. The minimum atomic E-state index is -0.532. The van der Waals surface area contributed by atoms with Gasteiger partial charge in [0.05, 0.1) is 0 Å². The van der Waals surface area contributed by atoms with Crippen molar-refractivity contribution >= 4 is 17.0 Å². The van der Waals surface area contributed by atoms with Gasteiger partial charge in [0.2, 0.25) is 0 Å². The number of nitrogens with two attached hydrogens (primary N) is 1. The minimum absolute atomic E-state index is 0.532. The average Bonchev–Trinajstić information content (AvgIpc) is 2.71. The van der Waals surface area contributed by atoms with Gasteiger partial charge in [0.15, 0.2) is 0 Å². The second kappa shape index (κ2) is 3.82. The highest BCUT2D eigenvalue weighted by Gasteiger charge is 2.10. The minimum Gasteiger partial charge on any atom is -0.399 e. The molecule has 0 spiro atoms. The van der Waals surface area contributed by atoms with E-state index in [0.29, 0.717) is 5.69 Å². The fraction of sp³-hybridized carbons (Fsp3) is 0.0909. The van der Waals surface area contributed by atoms with Crippen LogP contribution >= 0.6 is 11.3 Å². The lowest BCUT2D eigenvalue weighted by molar-refractivity contribution is 0.224. The van der Waals surface area contributed by atoms with E-state index in [0.717, 1.165) is 10.4 Å². The van der Waals surface area contributed by atoms with Gasteiger partial charge in [-0.25, -0.2) is 0 Å². The summed E-state index contributed by atoms with van der Waals surface area (Å²) in [5, 5.41) is 11.9. The summed E-state index contributed by atoms with van der Waals surface area (Å²) < 4.78 is 0. The zero-order valence-corrected chi connectivity index (χ0v) is 8.37. The molecule has 0 unspecified atom stereocenters. The molecule has 0 aliphatic heterocycles. The topological polar surface area (TPSA) is 46.2 Å². The number of anilines is 1. The van der Waals surface area contributed by atoms with Crippen LogP contribution in [0.5, 0.6) is 0 Å². The monoisotopic (exact) mass is 205 g/mol. The molecule has 72 valence electrons. The fourth-order valence-corrected chi connectivity index (χ4v) is 2.03. The van der Waals surface area contributed by atoms with Gasteiger partial charge in [-0.2, -0.15) is 0 Å². The zero-order valence-electron chi connectivity index (χ0n) is 7.55. The van der Waals surface area contributed by atoms with Gasteiger partial charge < -0.3 is 10.8 Å². The maximum atomic E-state index is 9.94. The number of benzene rings is 1. The molecular weight excluding hydrogens is 194 g/mol. The molecule has 0 saturated heterocycles. The third kappa shape index (κ3) is 1.78. The first-order valence-electron chi connectivity index (χ1n) is 4.34. The molecule has 0 saturated carbocycles. The van der Waals surface area contributed by atoms with E-state index < -0.39 is 6.10 Å². The van der Waals surface area contributed by atoms with Crippen LogP contribution < -0.4 is 5.73 Å². The zero-order chi connectivity index (χ0) is 9.97. The fourth-order valence-electron chi connectivity index (χ4n) is 1.29. The predicted molar refractivity (Wildman–Crippen MR) is 59.2 cm³/mol. The largest absolute Gasteiger partial charge is 0.399 e. The van der Waals surface area contributed by atoms with Gasteiger partial charge in [-0.15, -0.1) is 11.3 Å². The molecule has 3 N–H and O–H groups in total. The molecule has 2 nitrogen and oxygen atoms in total. The van der Waals surface area contributed by atoms with Crippen LogP contribution in [0, 0.1) is 0 Å². The van der Waals surface area contributed by atoms with Gasteiger partial charge in [0.1, 0.15) is 6.10 Å². The molecule has 0 bridgehead atoms. The first-order valence-corrected chi connectivity index (χ1v) is 5.22. The summed E-state index contributed by atoms with van der Waals surface area (Å²) in [5.41, 5.74) is 7.16. The number of nitrogen functional groups attached to an aromatic ring is 1. The molecule has 0 aliphatic carbocycles. The third-order valence-corrected chi connectivity index (χ3v) is 2.99. The molecule has 14 heavy (non-hydrogen) atoms. The third-order valence-electron chi connectivity index (χ3n) is 2.06. The van der Waals surface area contributed by atoms with Crippen LogP contribution in [-0.2, 0) is 0 Å². The van der Waals surface area contributed by atoms with Gasteiger partial charge in [-0.3, -0.25) is 0 Å². The van der Waals surface area contributed by atoms with Gasteiger partial charge in [0, 0.05) is 10.6 Å². The van der Waals surface area contributed by atoms with Gasteiger partial charge in [-0.1, -0.05) is 18.2 Å². The average molecular weight is 205 g/mol. The predicted octanol–water partition coefficient (Wildman–Crippen LogP) is 2.41. The highest BCUT2D eigenvalue weighted by atomic mass is 32.1.